The predicted molar refractivity (Wildman–Crippen MR) is 65.9 cm³/mol. The van der Waals surface area contributed by atoms with Gasteiger partial charge in [-0.05, 0) is 37.6 Å². The van der Waals surface area contributed by atoms with Crippen molar-refractivity contribution in [2.45, 2.75) is 25.3 Å². The molecule has 2 saturated carbocycles. The number of ether oxygens (including phenoxy) is 1. The molecule has 1 aromatic heterocycles. The van der Waals surface area contributed by atoms with Crippen molar-refractivity contribution in [1.29, 1.82) is 0 Å². The summed E-state index contributed by atoms with van der Waals surface area (Å²) in [4.78, 5) is 0. The number of methoxy groups -OCH3 is 1. The van der Waals surface area contributed by atoms with E-state index in [1.54, 1.807) is 7.11 Å². The van der Waals surface area contributed by atoms with Crippen LogP contribution in [-0.4, -0.2) is 23.9 Å². The summed E-state index contributed by atoms with van der Waals surface area (Å²) < 4.78 is 7.38. The Morgan fingerprint density at radius 1 is 1.47 bits per heavy atom. The molecule has 17 heavy (non-hydrogen) atoms. The van der Waals surface area contributed by atoms with Gasteiger partial charge in [0.25, 0.3) is 0 Å². The molecule has 3 rings (SSSR count). The van der Waals surface area contributed by atoms with E-state index in [4.69, 9.17) is 4.74 Å². The highest BCUT2D eigenvalue weighted by atomic mass is 16.5. The number of nitrogens with one attached hydrogen (secondary N) is 1. The van der Waals surface area contributed by atoms with Gasteiger partial charge in [0.2, 0.25) is 0 Å². The molecule has 1 aromatic rings. The predicted octanol–water partition coefficient (Wildman–Crippen LogP) is 1.74. The van der Waals surface area contributed by atoms with Crippen molar-refractivity contribution in [3.63, 3.8) is 0 Å². The van der Waals surface area contributed by atoms with Crippen LogP contribution < -0.4 is 10.1 Å². The fourth-order valence-electron chi connectivity index (χ4n) is 3.82. The van der Waals surface area contributed by atoms with Crippen molar-refractivity contribution in [3.8, 4) is 5.75 Å². The van der Waals surface area contributed by atoms with Gasteiger partial charge in [0, 0.05) is 7.05 Å². The normalized spacial score (nSPS) is 32.3. The molecule has 3 unspecified atom stereocenters. The van der Waals surface area contributed by atoms with E-state index in [0.717, 1.165) is 23.5 Å². The van der Waals surface area contributed by atoms with Crippen molar-refractivity contribution in [1.82, 2.24) is 15.1 Å². The number of fused-ring (bicyclic) bond motifs is 1. The maximum Gasteiger partial charge on any atom is 0.161 e. The first kappa shape index (κ1) is 11.1. The zero-order valence-electron chi connectivity index (χ0n) is 10.8. The summed E-state index contributed by atoms with van der Waals surface area (Å²) in [5, 5.41) is 7.78. The van der Waals surface area contributed by atoms with E-state index in [-0.39, 0.29) is 0 Å². The van der Waals surface area contributed by atoms with E-state index in [2.05, 4.69) is 10.4 Å². The molecule has 1 N–H and O–H groups in total. The Balaban J connectivity index is 1.87. The monoisotopic (exact) mass is 235 g/mol. The molecule has 0 aliphatic heterocycles. The van der Waals surface area contributed by atoms with Crippen LogP contribution in [0.2, 0.25) is 0 Å². The van der Waals surface area contributed by atoms with Crippen molar-refractivity contribution < 1.29 is 4.74 Å². The van der Waals surface area contributed by atoms with Gasteiger partial charge in [0.1, 0.15) is 0 Å². The maximum atomic E-state index is 5.43. The Kier molecular flexibility index (Phi) is 2.62. The Morgan fingerprint density at radius 2 is 2.18 bits per heavy atom. The number of aromatic nitrogens is 2. The van der Waals surface area contributed by atoms with E-state index in [1.807, 2.05) is 25.0 Å². The molecule has 2 fully saturated rings. The highest BCUT2D eigenvalue weighted by Crippen LogP contribution is 2.62. The lowest BCUT2D eigenvalue weighted by Crippen LogP contribution is -2.23. The first-order valence-corrected chi connectivity index (χ1v) is 6.51. The van der Waals surface area contributed by atoms with Crippen LogP contribution in [0, 0.1) is 17.8 Å². The average molecular weight is 235 g/mol. The molecule has 0 amide bonds. The summed E-state index contributed by atoms with van der Waals surface area (Å²) >= 11 is 0. The number of nitrogens with zero attached hydrogens (tertiary/aromatic N) is 2. The molecule has 0 aromatic carbocycles. The van der Waals surface area contributed by atoms with Crippen LogP contribution in [0.1, 0.15) is 31.0 Å². The number of hydrogen-bond donors (Lipinski definition) is 1. The molecule has 2 aliphatic rings. The van der Waals surface area contributed by atoms with Gasteiger partial charge in [-0.2, -0.15) is 5.10 Å². The van der Waals surface area contributed by atoms with Gasteiger partial charge in [-0.3, -0.25) is 4.68 Å². The third-order valence-electron chi connectivity index (χ3n) is 4.63. The highest BCUT2D eigenvalue weighted by Gasteiger charge is 2.56. The van der Waals surface area contributed by atoms with Crippen LogP contribution in [0.5, 0.6) is 5.75 Å². The molecule has 3 atom stereocenters. The summed E-state index contributed by atoms with van der Waals surface area (Å²) in [7, 11) is 5.77. The fourth-order valence-corrected chi connectivity index (χ4v) is 3.82. The van der Waals surface area contributed by atoms with Crippen molar-refractivity contribution >= 4 is 0 Å². The zero-order chi connectivity index (χ0) is 12.0. The minimum absolute atomic E-state index is 0.396. The number of hydrogen-bond acceptors (Lipinski definition) is 3. The van der Waals surface area contributed by atoms with Crippen LogP contribution in [0.15, 0.2) is 6.20 Å². The van der Waals surface area contributed by atoms with Crippen LogP contribution in [-0.2, 0) is 7.05 Å². The van der Waals surface area contributed by atoms with Gasteiger partial charge in [-0.15, -0.1) is 0 Å². The smallest absolute Gasteiger partial charge is 0.161 e. The molecular formula is C13H21N3O. The summed E-state index contributed by atoms with van der Waals surface area (Å²) in [6, 6.07) is 0.396. The summed E-state index contributed by atoms with van der Waals surface area (Å²) in [5.41, 5.74) is 1.20. The molecule has 2 aliphatic carbocycles. The number of rotatable bonds is 4. The van der Waals surface area contributed by atoms with Crippen LogP contribution >= 0.6 is 0 Å². The van der Waals surface area contributed by atoms with Gasteiger partial charge in [-0.25, -0.2) is 0 Å². The Morgan fingerprint density at radius 3 is 2.76 bits per heavy atom. The molecule has 0 radical (unpaired) electrons. The van der Waals surface area contributed by atoms with Gasteiger partial charge in [0.05, 0.1) is 25.0 Å². The van der Waals surface area contributed by atoms with E-state index >= 15 is 0 Å². The molecule has 1 heterocycles. The van der Waals surface area contributed by atoms with Gasteiger partial charge in [0.15, 0.2) is 5.75 Å². The van der Waals surface area contributed by atoms with E-state index in [9.17, 15) is 0 Å². The van der Waals surface area contributed by atoms with Gasteiger partial charge < -0.3 is 10.1 Å². The maximum absolute atomic E-state index is 5.43. The molecule has 4 heteroatoms. The van der Waals surface area contributed by atoms with E-state index in [1.165, 1.54) is 25.0 Å². The molecule has 94 valence electrons. The molecule has 4 nitrogen and oxygen atoms in total. The van der Waals surface area contributed by atoms with Crippen LogP contribution in [0.3, 0.4) is 0 Å². The van der Waals surface area contributed by atoms with Gasteiger partial charge in [-0.1, -0.05) is 6.42 Å². The summed E-state index contributed by atoms with van der Waals surface area (Å²) in [5.74, 6) is 3.58. The second-order valence-corrected chi connectivity index (χ2v) is 5.32. The molecule has 0 bridgehead atoms. The fraction of sp³-hybridized carbons (Fsp3) is 0.769. The standard InChI is InChI=1S/C13H21N3O/c1-14-12(11-8-5-4-6-9(8)11)13-10(17-3)7-15-16(13)2/h7-9,11-12,14H,4-6H2,1-3H3. The lowest BCUT2D eigenvalue weighted by molar-refractivity contribution is 0.374. The van der Waals surface area contributed by atoms with E-state index in [0.29, 0.717) is 6.04 Å². The third-order valence-corrected chi connectivity index (χ3v) is 4.63. The van der Waals surface area contributed by atoms with E-state index < -0.39 is 0 Å². The quantitative estimate of drug-likeness (QED) is 0.864. The second kappa shape index (κ2) is 4.02. The Bertz CT molecular complexity index is 405. The molecule has 0 spiro atoms. The zero-order valence-corrected chi connectivity index (χ0v) is 10.8. The minimum atomic E-state index is 0.396. The minimum Gasteiger partial charge on any atom is -0.493 e. The lowest BCUT2D eigenvalue weighted by atomic mass is 10.0. The summed E-state index contributed by atoms with van der Waals surface area (Å²) in [6.45, 7) is 0. The van der Waals surface area contributed by atoms with Crippen molar-refractivity contribution in [2.75, 3.05) is 14.2 Å². The van der Waals surface area contributed by atoms with Crippen molar-refractivity contribution in [3.05, 3.63) is 11.9 Å². The average Bonchev–Trinajstić information content (AvgIpc) is 2.71. The molecular weight excluding hydrogens is 214 g/mol. The van der Waals surface area contributed by atoms with Crippen LogP contribution in [0.4, 0.5) is 0 Å². The summed E-state index contributed by atoms with van der Waals surface area (Å²) in [6.07, 6.45) is 6.06. The SMILES string of the molecule is CNC(c1c(OC)cnn1C)C1C2CCCC21. The Hall–Kier alpha value is -1.03. The Labute approximate surface area is 102 Å². The first-order chi connectivity index (χ1) is 8.27. The van der Waals surface area contributed by atoms with Gasteiger partial charge >= 0.3 is 0 Å². The first-order valence-electron chi connectivity index (χ1n) is 6.51. The number of aryl methyl sites for hydroxylation is 1. The third kappa shape index (κ3) is 1.58. The molecule has 0 saturated heterocycles. The van der Waals surface area contributed by atoms with Crippen LogP contribution in [0.25, 0.3) is 0 Å². The highest BCUT2D eigenvalue weighted by molar-refractivity contribution is 5.31. The van der Waals surface area contributed by atoms with Crippen molar-refractivity contribution in [2.24, 2.45) is 24.8 Å². The second-order valence-electron chi connectivity index (χ2n) is 5.32. The lowest BCUT2D eigenvalue weighted by Gasteiger charge is -2.19. The largest absolute Gasteiger partial charge is 0.493 e. The topological polar surface area (TPSA) is 39.1 Å².